The maximum Gasteiger partial charge on any atom is 0.259 e. The number of halogens is 1. The fraction of sp³-hybridized carbons (Fsp3) is 0.600. The molecule has 2 fully saturated rings. The molecule has 0 aliphatic carbocycles. The molecule has 1 aromatic rings. The van der Waals surface area contributed by atoms with Gasteiger partial charge in [0.25, 0.3) is 5.91 Å². The van der Waals surface area contributed by atoms with Gasteiger partial charge >= 0.3 is 0 Å². The topological polar surface area (TPSA) is 68.6 Å². The van der Waals surface area contributed by atoms with Crippen LogP contribution in [0.15, 0.2) is 17.0 Å². The van der Waals surface area contributed by atoms with Crippen LogP contribution in [0.4, 0.5) is 10.1 Å². The Bertz CT molecular complexity index is 738. The van der Waals surface area contributed by atoms with Gasteiger partial charge in [-0.05, 0) is 70.3 Å². The molecule has 0 spiro atoms. The lowest BCUT2D eigenvalue weighted by Gasteiger charge is -2.37. The number of carbonyl (C=O) groups is 1. The zero-order valence-corrected chi connectivity index (χ0v) is 17.2. The van der Waals surface area contributed by atoms with Crippen LogP contribution in [0.2, 0.25) is 0 Å². The van der Waals surface area contributed by atoms with E-state index in [4.69, 9.17) is 4.74 Å². The summed E-state index contributed by atoms with van der Waals surface area (Å²) in [6, 6.07) is 5.63. The van der Waals surface area contributed by atoms with E-state index in [1.165, 1.54) is 6.07 Å². The largest absolute Gasteiger partial charge is 0.368 e. The number of nitrogens with zero attached hydrogens (tertiary/aromatic N) is 3. The first-order valence-electron chi connectivity index (χ1n) is 9.73. The average molecular weight is 407 g/mol. The van der Waals surface area contributed by atoms with Gasteiger partial charge < -0.3 is 14.5 Å². The Hall–Kier alpha value is -1.82. The lowest BCUT2D eigenvalue weighted by molar-refractivity contribution is -0.133. The van der Waals surface area contributed by atoms with Gasteiger partial charge in [0.1, 0.15) is 18.0 Å². The Balaban J connectivity index is 1.66. The minimum absolute atomic E-state index is 0.210. The number of ether oxygens (including phenoxy) is 1. The van der Waals surface area contributed by atoms with Gasteiger partial charge in [-0.25, -0.2) is 4.39 Å². The predicted molar refractivity (Wildman–Crippen MR) is 108 cm³/mol. The first kappa shape index (κ1) is 20.9. The minimum atomic E-state index is -0.446. The Morgan fingerprint density at radius 3 is 2.68 bits per heavy atom. The molecule has 0 bridgehead atoms. The van der Waals surface area contributed by atoms with Gasteiger partial charge in [0.15, 0.2) is 0 Å². The molecule has 3 rings (SSSR count). The van der Waals surface area contributed by atoms with Gasteiger partial charge in [0, 0.05) is 30.6 Å². The first-order valence-corrected chi connectivity index (χ1v) is 10.5. The molecule has 0 aromatic heterocycles. The van der Waals surface area contributed by atoms with Crippen LogP contribution in [0.25, 0.3) is 0 Å². The van der Waals surface area contributed by atoms with Crippen molar-refractivity contribution in [3.8, 4) is 6.07 Å². The number of nitrogens with one attached hydrogen (secondary N) is 1. The number of piperidine rings is 1. The van der Waals surface area contributed by atoms with Crippen LogP contribution in [0, 0.1) is 17.1 Å². The maximum atomic E-state index is 14.9. The third kappa shape index (κ3) is 4.96. The molecule has 1 amide bonds. The van der Waals surface area contributed by atoms with E-state index in [0.29, 0.717) is 35.2 Å². The molecule has 6 nitrogen and oxygen atoms in total. The highest BCUT2D eigenvalue weighted by Gasteiger charge is 2.26. The third-order valence-corrected chi connectivity index (χ3v) is 6.18. The normalized spacial score (nSPS) is 20.8. The SMILES string of the molecule is CN(C)C1CCN(c2c(F)cc(SNC(=O)C3CCCCO3)cc2C#N)CC1. The summed E-state index contributed by atoms with van der Waals surface area (Å²) in [5.74, 6) is -0.633. The summed E-state index contributed by atoms with van der Waals surface area (Å²) in [4.78, 5) is 16.8. The molecule has 1 atom stereocenters. The van der Waals surface area contributed by atoms with E-state index < -0.39 is 11.9 Å². The van der Waals surface area contributed by atoms with Crippen LogP contribution in [0.1, 0.15) is 37.7 Å². The number of rotatable bonds is 5. The van der Waals surface area contributed by atoms with Crippen molar-refractivity contribution in [2.75, 3.05) is 38.7 Å². The molecule has 2 aliphatic rings. The highest BCUT2D eigenvalue weighted by molar-refractivity contribution is 7.98. The van der Waals surface area contributed by atoms with Gasteiger partial charge in [-0.1, -0.05) is 0 Å². The Morgan fingerprint density at radius 2 is 2.07 bits per heavy atom. The lowest BCUT2D eigenvalue weighted by atomic mass is 10.0. The zero-order chi connectivity index (χ0) is 20.1. The van der Waals surface area contributed by atoms with Gasteiger partial charge in [0.05, 0.1) is 11.3 Å². The van der Waals surface area contributed by atoms with Crippen LogP contribution in [-0.4, -0.2) is 56.7 Å². The van der Waals surface area contributed by atoms with Crippen LogP contribution in [-0.2, 0) is 9.53 Å². The molecule has 2 saturated heterocycles. The van der Waals surface area contributed by atoms with Crippen LogP contribution in [0.3, 0.4) is 0 Å². The van der Waals surface area contributed by atoms with Crippen LogP contribution in [0.5, 0.6) is 0 Å². The van der Waals surface area contributed by atoms with E-state index in [2.05, 4.69) is 29.8 Å². The number of anilines is 1. The summed E-state index contributed by atoms with van der Waals surface area (Å²) >= 11 is 1.03. The van der Waals surface area contributed by atoms with E-state index in [0.717, 1.165) is 50.7 Å². The Labute approximate surface area is 170 Å². The number of benzene rings is 1. The summed E-state index contributed by atoms with van der Waals surface area (Å²) in [5.41, 5.74) is 0.667. The van der Waals surface area contributed by atoms with Gasteiger partial charge in [0.2, 0.25) is 0 Å². The molecule has 28 heavy (non-hydrogen) atoms. The molecule has 1 N–H and O–H groups in total. The number of carbonyl (C=O) groups excluding carboxylic acids is 1. The summed E-state index contributed by atoms with van der Waals surface area (Å²) in [7, 11) is 4.11. The summed E-state index contributed by atoms with van der Waals surface area (Å²) in [6.45, 7) is 2.03. The van der Waals surface area contributed by atoms with E-state index in [9.17, 15) is 14.4 Å². The second-order valence-corrected chi connectivity index (χ2v) is 8.40. The van der Waals surface area contributed by atoms with Crippen molar-refractivity contribution < 1.29 is 13.9 Å². The third-order valence-electron chi connectivity index (χ3n) is 5.41. The van der Waals surface area contributed by atoms with Crippen molar-refractivity contribution in [2.24, 2.45) is 0 Å². The quantitative estimate of drug-likeness (QED) is 0.759. The molecule has 0 radical (unpaired) electrons. The fourth-order valence-corrected chi connectivity index (χ4v) is 4.46. The second kappa shape index (κ2) is 9.59. The molecular formula is C20H27FN4O2S. The van der Waals surface area contributed by atoms with E-state index in [1.54, 1.807) is 6.07 Å². The smallest absolute Gasteiger partial charge is 0.259 e. The molecule has 2 heterocycles. The van der Waals surface area contributed by atoms with Crippen molar-refractivity contribution >= 4 is 23.5 Å². The first-order chi connectivity index (χ1) is 13.5. The van der Waals surface area contributed by atoms with E-state index in [1.807, 2.05) is 4.90 Å². The average Bonchev–Trinajstić information content (AvgIpc) is 2.72. The van der Waals surface area contributed by atoms with Crippen LogP contribution < -0.4 is 9.62 Å². The number of amides is 1. The van der Waals surface area contributed by atoms with Crippen LogP contribution >= 0.6 is 11.9 Å². The predicted octanol–water partition coefficient (Wildman–Crippen LogP) is 2.92. The Morgan fingerprint density at radius 1 is 1.32 bits per heavy atom. The molecular weight excluding hydrogens is 379 g/mol. The molecule has 0 saturated carbocycles. The van der Waals surface area contributed by atoms with Gasteiger partial charge in [-0.2, -0.15) is 5.26 Å². The standard InChI is InChI=1S/C20H27FN4O2S/c1-24(2)15-6-8-25(9-7-15)19-14(13-22)11-16(12-17(19)21)28-23-20(26)18-5-3-4-10-27-18/h11-12,15,18H,3-10H2,1-2H3,(H,23,26). The second-order valence-electron chi connectivity index (χ2n) is 7.52. The molecule has 1 unspecified atom stereocenters. The minimum Gasteiger partial charge on any atom is -0.368 e. The van der Waals surface area contributed by atoms with Crippen molar-refractivity contribution in [3.63, 3.8) is 0 Å². The van der Waals surface area contributed by atoms with Gasteiger partial charge in [-0.3, -0.25) is 9.52 Å². The molecule has 152 valence electrons. The monoisotopic (exact) mass is 406 g/mol. The lowest BCUT2D eigenvalue weighted by Crippen LogP contribution is -2.42. The van der Waals surface area contributed by atoms with E-state index >= 15 is 0 Å². The Kier molecular flexibility index (Phi) is 7.16. The number of hydrogen-bond acceptors (Lipinski definition) is 6. The van der Waals surface area contributed by atoms with Crippen molar-refractivity contribution in [1.82, 2.24) is 9.62 Å². The zero-order valence-electron chi connectivity index (χ0n) is 16.4. The summed E-state index contributed by atoms with van der Waals surface area (Å²) in [5, 5.41) is 9.55. The van der Waals surface area contributed by atoms with E-state index in [-0.39, 0.29) is 5.91 Å². The summed E-state index contributed by atoms with van der Waals surface area (Å²) < 4.78 is 23.0. The highest BCUT2D eigenvalue weighted by atomic mass is 32.2. The maximum absolute atomic E-state index is 14.9. The number of nitriles is 1. The van der Waals surface area contributed by atoms with Gasteiger partial charge in [-0.15, -0.1) is 0 Å². The summed E-state index contributed by atoms with van der Waals surface area (Å²) in [6.07, 6.45) is 4.07. The molecule has 1 aromatic carbocycles. The van der Waals surface area contributed by atoms with Crippen molar-refractivity contribution in [3.05, 3.63) is 23.5 Å². The molecule has 2 aliphatic heterocycles. The fourth-order valence-electron chi connectivity index (χ4n) is 3.77. The number of hydrogen-bond donors (Lipinski definition) is 1. The molecule has 8 heteroatoms. The van der Waals surface area contributed by atoms with Crippen molar-refractivity contribution in [1.29, 1.82) is 5.26 Å². The highest BCUT2D eigenvalue weighted by Crippen LogP contribution is 2.31. The van der Waals surface area contributed by atoms with Crippen molar-refractivity contribution in [2.45, 2.75) is 49.1 Å².